The third kappa shape index (κ3) is 4.98. The van der Waals surface area contributed by atoms with Gasteiger partial charge in [0.05, 0.1) is 14.2 Å². The number of methoxy groups -OCH3 is 2. The Morgan fingerprint density at radius 1 is 0.705 bits per heavy atom. The molecule has 2 atom stereocenters. The van der Waals surface area contributed by atoms with Crippen molar-refractivity contribution in [2.45, 2.75) is 37.8 Å². The Bertz CT molecular complexity index is 1720. The minimum absolute atomic E-state index is 0.0459. The maximum atomic E-state index is 11.1. The number of aromatic hydroxyl groups is 2. The smallest absolute Gasteiger partial charge is 0.204 e. The summed E-state index contributed by atoms with van der Waals surface area (Å²) in [5.41, 5.74) is 6.58. The van der Waals surface area contributed by atoms with Crippen molar-refractivity contribution in [2.75, 3.05) is 41.4 Å². The molecular formula is C36H38N2O6. The fraction of sp³-hybridized carbons (Fsp3) is 0.333. The summed E-state index contributed by atoms with van der Waals surface area (Å²) in [6.07, 6.45) is 3.08. The van der Waals surface area contributed by atoms with E-state index in [1.807, 2.05) is 24.3 Å². The van der Waals surface area contributed by atoms with Crippen LogP contribution in [0.2, 0.25) is 0 Å². The van der Waals surface area contributed by atoms with Gasteiger partial charge in [-0.2, -0.15) is 0 Å². The number of nitrogens with zero attached hydrogens (tertiary/aromatic N) is 2. The summed E-state index contributed by atoms with van der Waals surface area (Å²) in [6.45, 7) is 1.74. The number of phenols is 2. The van der Waals surface area contributed by atoms with Crippen molar-refractivity contribution in [2.24, 2.45) is 0 Å². The number of hydrogen-bond acceptors (Lipinski definition) is 8. The third-order valence-electron chi connectivity index (χ3n) is 9.44. The van der Waals surface area contributed by atoms with Gasteiger partial charge in [-0.1, -0.05) is 18.2 Å². The summed E-state index contributed by atoms with van der Waals surface area (Å²) in [5, 5.41) is 21.8. The van der Waals surface area contributed by atoms with E-state index in [2.05, 4.69) is 48.2 Å². The van der Waals surface area contributed by atoms with Crippen LogP contribution in [-0.2, 0) is 25.7 Å². The molecule has 8 heteroatoms. The molecule has 6 bridgehead atoms. The second-order valence-electron chi connectivity index (χ2n) is 12.1. The average molecular weight is 595 g/mol. The summed E-state index contributed by atoms with van der Waals surface area (Å²) in [7, 11) is 7.48. The van der Waals surface area contributed by atoms with E-state index in [0.29, 0.717) is 40.9 Å². The number of fused-ring (bicyclic) bond motifs is 2. The minimum atomic E-state index is -0.0960. The molecule has 0 aliphatic carbocycles. The number of ether oxygens (including phenoxy) is 4. The van der Waals surface area contributed by atoms with Gasteiger partial charge in [-0.15, -0.1) is 0 Å². The molecule has 228 valence electrons. The van der Waals surface area contributed by atoms with Crippen LogP contribution in [0.25, 0.3) is 0 Å². The van der Waals surface area contributed by atoms with E-state index >= 15 is 0 Å². The van der Waals surface area contributed by atoms with Gasteiger partial charge in [-0.3, -0.25) is 9.80 Å². The van der Waals surface area contributed by atoms with Crippen LogP contribution < -0.4 is 18.9 Å². The molecule has 0 saturated carbocycles. The van der Waals surface area contributed by atoms with Crippen LogP contribution in [0.1, 0.15) is 45.5 Å². The lowest BCUT2D eigenvalue weighted by Crippen LogP contribution is -2.34. The number of rotatable bonds is 2. The summed E-state index contributed by atoms with van der Waals surface area (Å²) >= 11 is 0. The van der Waals surface area contributed by atoms with E-state index in [0.717, 1.165) is 49.0 Å². The van der Waals surface area contributed by atoms with Crippen molar-refractivity contribution in [3.63, 3.8) is 0 Å². The Morgan fingerprint density at radius 2 is 1.41 bits per heavy atom. The lowest BCUT2D eigenvalue weighted by Gasteiger charge is -2.37. The highest BCUT2D eigenvalue weighted by Gasteiger charge is 2.34. The fourth-order valence-electron chi connectivity index (χ4n) is 6.98. The highest BCUT2D eigenvalue weighted by Crippen LogP contribution is 2.51. The molecule has 44 heavy (non-hydrogen) atoms. The van der Waals surface area contributed by atoms with E-state index in [-0.39, 0.29) is 23.6 Å². The average Bonchev–Trinajstić information content (AvgIpc) is 3.02. The van der Waals surface area contributed by atoms with Gasteiger partial charge < -0.3 is 29.2 Å². The van der Waals surface area contributed by atoms with E-state index in [1.54, 1.807) is 26.4 Å². The maximum Gasteiger partial charge on any atom is 0.204 e. The topological polar surface area (TPSA) is 83.9 Å². The van der Waals surface area contributed by atoms with Crippen LogP contribution in [0.5, 0.6) is 46.0 Å². The Hall–Kier alpha value is -4.40. The van der Waals surface area contributed by atoms with Crippen LogP contribution >= 0.6 is 0 Å². The predicted octanol–water partition coefficient (Wildman–Crippen LogP) is 6.56. The monoisotopic (exact) mass is 594 g/mol. The SMILES string of the molecule is COc1cc2c3cc1Oc1c(OC)c(O)cc4c1[C@@H](Cc1ccc(O)c(c1)Oc1ccc(cc1)C[C@@H]3N(C)CC2)N(C)CC4. The molecule has 0 radical (unpaired) electrons. The number of phenolic OH excluding ortho intramolecular Hbond substituents is 2. The van der Waals surface area contributed by atoms with Gasteiger partial charge in [0, 0.05) is 30.7 Å². The van der Waals surface area contributed by atoms with Crippen molar-refractivity contribution in [1.29, 1.82) is 0 Å². The standard InChI is InChI=1S/C36H38N2O6/c1-37-13-11-23-19-32(41-3)33-20-26(23)27(37)15-21-5-8-25(9-6-21)43-31-17-22(7-10-29(31)39)16-28-34-24(12-14-38(28)2)18-30(40)35(42-4)36(34)44-33/h5-10,17-20,27-28,39-40H,11-16H2,1-4H3/t27-,28+/m0/s1. The normalized spacial score (nSPS) is 19.6. The molecule has 4 heterocycles. The molecule has 8 nitrogen and oxygen atoms in total. The summed E-state index contributed by atoms with van der Waals surface area (Å²) in [6, 6.07) is 19.7. The van der Waals surface area contributed by atoms with Gasteiger partial charge in [0.1, 0.15) is 5.75 Å². The van der Waals surface area contributed by atoms with Gasteiger partial charge in [-0.25, -0.2) is 0 Å². The molecule has 0 unspecified atom stereocenters. The van der Waals surface area contributed by atoms with Crippen LogP contribution in [0, 0.1) is 0 Å². The molecule has 0 fully saturated rings. The zero-order valence-electron chi connectivity index (χ0n) is 25.6. The first-order valence-electron chi connectivity index (χ1n) is 15.1. The Labute approximate surface area is 258 Å². The molecular weight excluding hydrogens is 556 g/mol. The number of benzene rings is 4. The van der Waals surface area contributed by atoms with Crippen LogP contribution in [0.15, 0.2) is 60.7 Å². The molecule has 0 spiro atoms. The molecule has 0 amide bonds. The lowest BCUT2D eigenvalue weighted by molar-refractivity contribution is 0.220. The van der Waals surface area contributed by atoms with Crippen molar-refractivity contribution < 1.29 is 29.2 Å². The number of hydrogen-bond donors (Lipinski definition) is 2. The lowest BCUT2D eigenvalue weighted by atomic mass is 9.87. The van der Waals surface area contributed by atoms with Crippen LogP contribution in [0.4, 0.5) is 0 Å². The van der Waals surface area contributed by atoms with E-state index < -0.39 is 0 Å². The zero-order valence-corrected chi connectivity index (χ0v) is 25.6. The molecule has 4 aliphatic heterocycles. The quantitative estimate of drug-likeness (QED) is 0.270. The van der Waals surface area contributed by atoms with E-state index in [9.17, 15) is 10.2 Å². The van der Waals surface area contributed by atoms with Crippen molar-refractivity contribution in [3.05, 3.63) is 94.0 Å². The molecule has 4 aromatic carbocycles. The van der Waals surface area contributed by atoms with Gasteiger partial charge in [-0.05, 0) is 110 Å². The molecule has 8 rings (SSSR count). The summed E-state index contributed by atoms with van der Waals surface area (Å²) < 4.78 is 24.8. The highest BCUT2D eigenvalue weighted by molar-refractivity contribution is 5.63. The van der Waals surface area contributed by atoms with E-state index in [4.69, 9.17) is 18.9 Å². The summed E-state index contributed by atoms with van der Waals surface area (Å²) in [5.74, 6) is 3.22. The van der Waals surface area contributed by atoms with Crippen LogP contribution in [0.3, 0.4) is 0 Å². The number of likely N-dealkylation sites (N-methyl/N-ethyl adjacent to an activating group) is 2. The summed E-state index contributed by atoms with van der Waals surface area (Å²) in [4.78, 5) is 4.68. The molecule has 4 aliphatic rings. The third-order valence-corrected chi connectivity index (χ3v) is 9.44. The largest absolute Gasteiger partial charge is 0.504 e. The Kier molecular flexibility index (Phi) is 7.26. The second-order valence-corrected chi connectivity index (χ2v) is 12.1. The molecule has 0 saturated heterocycles. The molecule has 0 aromatic heterocycles. The first-order valence-corrected chi connectivity index (χ1v) is 15.1. The Morgan fingerprint density at radius 3 is 2.16 bits per heavy atom. The maximum absolute atomic E-state index is 11.1. The Balaban J connectivity index is 1.46. The van der Waals surface area contributed by atoms with E-state index in [1.165, 1.54) is 16.7 Å². The fourth-order valence-corrected chi connectivity index (χ4v) is 6.98. The highest BCUT2D eigenvalue weighted by atomic mass is 16.5. The van der Waals surface area contributed by atoms with Crippen LogP contribution in [-0.4, -0.2) is 61.4 Å². The molecule has 2 N–H and O–H groups in total. The second kappa shape index (κ2) is 11.3. The van der Waals surface area contributed by atoms with Crippen molar-refractivity contribution in [1.82, 2.24) is 9.80 Å². The van der Waals surface area contributed by atoms with Gasteiger partial charge >= 0.3 is 0 Å². The van der Waals surface area contributed by atoms with Gasteiger partial charge in [0.25, 0.3) is 0 Å². The van der Waals surface area contributed by atoms with Crippen molar-refractivity contribution >= 4 is 0 Å². The molecule has 4 aromatic rings. The first-order chi connectivity index (χ1) is 21.3. The van der Waals surface area contributed by atoms with Gasteiger partial charge in [0.2, 0.25) is 5.75 Å². The van der Waals surface area contributed by atoms with Gasteiger partial charge in [0.15, 0.2) is 34.5 Å². The first kappa shape index (κ1) is 28.4. The van der Waals surface area contributed by atoms with Crippen molar-refractivity contribution in [3.8, 4) is 46.0 Å². The predicted molar refractivity (Wildman–Crippen MR) is 168 cm³/mol. The zero-order chi connectivity index (χ0) is 30.5. The minimum Gasteiger partial charge on any atom is -0.504 e.